The van der Waals surface area contributed by atoms with Crippen molar-refractivity contribution in [2.45, 2.75) is 6.42 Å². The second-order valence-corrected chi connectivity index (χ2v) is 15.8. The van der Waals surface area contributed by atoms with E-state index in [4.69, 9.17) is 19.4 Å². The number of rotatable bonds is 4. The minimum absolute atomic E-state index is 0.322. The molecule has 4 nitrogen and oxygen atoms in total. The van der Waals surface area contributed by atoms with Crippen LogP contribution in [-0.2, 0) is 0 Å². The van der Waals surface area contributed by atoms with E-state index in [9.17, 15) is 0 Å². The Labute approximate surface area is 326 Å². The van der Waals surface area contributed by atoms with Crippen LogP contribution in [0.1, 0.15) is 23.1 Å². The highest BCUT2D eigenvalue weighted by molar-refractivity contribution is 7.25. The van der Waals surface area contributed by atoms with Gasteiger partial charge >= 0.3 is 0 Å². The molecule has 0 spiro atoms. The van der Waals surface area contributed by atoms with E-state index in [2.05, 4.69) is 140 Å². The molecule has 262 valence electrons. The third-order valence-electron chi connectivity index (χ3n) is 11.5. The van der Waals surface area contributed by atoms with Crippen molar-refractivity contribution in [3.63, 3.8) is 0 Å². The fourth-order valence-corrected chi connectivity index (χ4v) is 9.85. The summed E-state index contributed by atoms with van der Waals surface area (Å²) in [4.78, 5) is 15.4. The van der Waals surface area contributed by atoms with E-state index in [1.54, 1.807) is 0 Å². The van der Waals surface area contributed by atoms with Crippen molar-refractivity contribution in [3.05, 3.63) is 181 Å². The van der Waals surface area contributed by atoms with Crippen molar-refractivity contribution in [1.29, 1.82) is 0 Å². The van der Waals surface area contributed by atoms with Crippen LogP contribution in [-0.4, -0.2) is 15.0 Å². The summed E-state index contributed by atoms with van der Waals surface area (Å²) in [6.07, 6.45) is 10.3. The summed E-state index contributed by atoms with van der Waals surface area (Å²) in [6, 6.07) is 51.3. The zero-order valence-electron chi connectivity index (χ0n) is 30.1. The number of aromatic nitrogens is 3. The molecule has 56 heavy (non-hydrogen) atoms. The van der Waals surface area contributed by atoms with Gasteiger partial charge in [-0.2, -0.15) is 0 Å². The maximum Gasteiger partial charge on any atom is 0.164 e. The first-order valence-electron chi connectivity index (χ1n) is 19.0. The first kappa shape index (κ1) is 31.4. The summed E-state index contributed by atoms with van der Waals surface area (Å²) in [6.45, 7) is 0. The van der Waals surface area contributed by atoms with E-state index < -0.39 is 0 Å². The fourth-order valence-electron chi connectivity index (χ4n) is 8.76. The first-order chi connectivity index (χ1) is 27.7. The maximum absolute atomic E-state index is 6.51. The van der Waals surface area contributed by atoms with E-state index in [1.807, 2.05) is 41.7 Å². The molecule has 0 unspecified atom stereocenters. The molecule has 0 fully saturated rings. The highest BCUT2D eigenvalue weighted by Crippen LogP contribution is 2.45. The molecular weight excluding hydrogens is 703 g/mol. The topological polar surface area (TPSA) is 51.8 Å². The molecule has 0 amide bonds. The lowest BCUT2D eigenvalue weighted by molar-refractivity contribution is 0.669. The second-order valence-electron chi connectivity index (χ2n) is 14.7. The highest BCUT2D eigenvalue weighted by atomic mass is 32.1. The molecule has 0 aliphatic heterocycles. The molecule has 0 N–H and O–H groups in total. The first-order valence-corrected chi connectivity index (χ1v) is 19.8. The number of fused-ring (bicyclic) bond motifs is 11. The van der Waals surface area contributed by atoms with Crippen molar-refractivity contribution in [1.82, 2.24) is 15.0 Å². The molecule has 3 heterocycles. The Morgan fingerprint density at radius 3 is 2.21 bits per heavy atom. The van der Waals surface area contributed by atoms with Crippen molar-refractivity contribution < 1.29 is 4.42 Å². The van der Waals surface area contributed by atoms with Gasteiger partial charge in [0, 0.05) is 53.6 Å². The molecule has 0 saturated heterocycles. The van der Waals surface area contributed by atoms with E-state index in [-0.39, 0.29) is 0 Å². The van der Waals surface area contributed by atoms with Gasteiger partial charge in [-0.3, -0.25) is 0 Å². The molecular formula is C51H31N3OS. The minimum atomic E-state index is 0.322. The van der Waals surface area contributed by atoms with Gasteiger partial charge in [0.2, 0.25) is 0 Å². The Hall–Kier alpha value is -6.95. The van der Waals surface area contributed by atoms with Crippen LogP contribution in [0.4, 0.5) is 0 Å². The molecule has 7 aromatic carbocycles. The summed E-state index contributed by atoms with van der Waals surface area (Å²) >= 11 is 1.81. The number of thiophene rings is 1. The van der Waals surface area contributed by atoms with Gasteiger partial charge in [-0.05, 0) is 87.5 Å². The summed E-state index contributed by atoms with van der Waals surface area (Å²) in [5.41, 5.74) is 11.0. The van der Waals surface area contributed by atoms with Crippen LogP contribution >= 0.6 is 11.3 Å². The van der Waals surface area contributed by atoms with E-state index in [1.165, 1.54) is 58.8 Å². The molecule has 10 aromatic rings. The molecule has 12 rings (SSSR count). The lowest BCUT2D eigenvalue weighted by Crippen LogP contribution is -2.10. The van der Waals surface area contributed by atoms with Crippen LogP contribution in [0.3, 0.4) is 0 Å². The van der Waals surface area contributed by atoms with Gasteiger partial charge in [0.15, 0.2) is 17.5 Å². The standard InChI is InChI=1S/C51H31N3OS/c1-2-10-31(11-3-1)49-52-50(35-21-26-47-42(29-35)40-13-6-7-16-46(40)56-47)54-51(53-49)41-14-8-15-45-48(41)43-28-33(20-25-44(43)55-45)32-18-22-37-34(27-32)19-24-38-36-12-5-4-9-30(36)17-23-39(37)38/h1-26,28-29,34H,27H2/t34-/m0/s1. The Bertz CT molecular complexity index is 3350. The number of allylic oxidation sites excluding steroid dienone is 5. The Kier molecular flexibility index (Phi) is 6.89. The van der Waals surface area contributed by atoms with Gasteiger partial charge in [-0.15, -0.1) is 11.3 Å². The van der Waals surface area contributed by atoms with Crippen molar-refractivity contribution in [3.8, 4) is 34.2 Å². The smallest absolute Gasteiger partial charge is 0.164 e. The van der Waals surface area contributed by atoms with Gasteiger partial charge in [0.05, 0.1) is 0 Å². The number of furan rings is 1. The zero-order chi connectivity index (χ0) is 36.7. The third-order valence-corrected chi connectivity index (χ3v) is 12.6. The van der Waals surface area contributed by atoms with Crippen LogP contribution in [0.25, 0.3) is 104 Å². The van der Waals surface area contributed by atoms with Crippen LogP contribution in [0.2, 0.25) is 0 Å². The maximum atomic E-state index is 6.51. The normalized spacial score (nSPS) is 15.0. The number of nitrogens with zero attached hydrogens (tertiary/aromatic N) is 3. The molecule has 0 radical (unpaired) electrons. The Balaban J connectivity index is 0.997. The highest BCUT2D eigenvalue weighted by Gasteiger charge is 2.26. The van der Waals surface area contributed by atoms with Gasteiger partial charge in [-0.25, -0.2) is 15.0 Å². The van der Waals surface area contributed by atoms with Gasteiger partial charge in [0.1, 0.15) is 11.2 Å². The quantitative estimate of drug-likeness (QED) is 0.181. The van der Waals surface area contributed by atoms with Crippen LogP contribution in [0.15, 0.2) is 168 Å². The lowest BCUT2D eigenvalue weighted by Gasteiger charge is -2.28. The Morgan fingerprint density at radius 1 is 0.518 bits per heavy atom. The molecule has 2 aliphatic carbocycles. The molecule has 3 aromatic heterocycles. The number of benzene rings is 7. The van der Waals surface area contributed by atoms with E-state index >= 15 is 0 Å². The van der Waals surface area contributed by atoms with Crippen LogP contribution in [0, 0.1) is 5.92 Å². The van der Waals surface area contributed by atoms with Crippen molar-refractivity contribution >= 4 is 81.4 Å². The van der Waals surface area contributed by atoms with Crippen LogP contribution in [0.5, 0.6) is 0 Å². The molecule has 0 bridgehead atoms. The lowest BCUT2D eigenvalue weighted by atomic mass is 9.76. The second kappa shape index (κ2) is 12.3. The number of hydrogen-bond acceptors (Lipinski definition) is 5. The van der Waals surface area contributed by atoms with E-state index in [0.717, 1.165) is 45.0 Å². The summed E-state index contributed by atoms with van der Waals surface area (Å²) < 4.78 is 9.03. The summed E-state index contributed by atoms with van der Waals surface area (Å²) in [7, 11) is 0. The van der Waals surface area contributed by atoms with Crippen molar-refractivity contribution in [2.75, 3.05) is 0 Å². The monoisotopic (exact) mass is 733 g/mol. The minimum Gasteiger partial charge on any atom is -0.456 e. The van der Waals surface area contributed by atoms with E-state index in [0.29, 0.717) is 23.4 Å². The summed E-state index contributed by atoms with van der Waals surface area (Å²) in [5.74, 6) is 2.21. The largest absolute Gasteiger partial charge is 0.456 e. The average molecular weight is 734 g/mol. The predicted molar refractivity (Wildman–Crippen MR) is 233 cm³/mol. The molecule has 2 aliphatic rings. The molecule has 0 saturated carbocycles. The van der Waals surface area contributed by atoms with Gasteiger partial charge in [-0.1, -0.05) is 127 Å². The zero-order valence-corrected chi connectivity index (χ0v) is 30.9. The SMILES string of the molecule is C1=C[C@H]2CC(c3ccc4oc5cccc(-c6nc(-c7ccccc7)nc(-c7ccc8sc9ccccc9c8c7)n6)c5c4c3)=CC=C2c2ccc3ccccc3c21. The van der Waals surface area contributed by atoms with Gasteiger partial charge in [0.25, 0.3) is 0 Å². The third kappa shape index (κ3) is 4.94. The molecule has 1 atom stereocenters. The Morgan fingerprint density at radius 2 is 1.29 bits per heavy atom. The average Bonchev–Trinajstić information content (AvgIpc) is 3.84. The number of hydrogen-bond donors (Lipinski definition) is 0. The molecule has 5 heteroatoms. The van der Waals surface area contributed by atoms with Crippen LogP contribution < -0.4 is 0 Å². The summed E-state index contributed by atoms with van der Waals surface area (Å²) in [5, 5.41) is 7.10. The van der Waals surface area contributed by atoms with Crippen molar-refractivity contribution in [2.24, 2.45) is 5.92 Å². The predicted octanol–water partition coefficient (Wildman–Crippen LogP) is 13.8. The van der Waals surface area contributed by atoms with Gasteiger partial charge < -0.3 is 4.42 Å². The fraction of sp³-hybridized carbons (Fsp3) is 0.0392.